The monoisotopic (exact) mass is 387 g/mol. The first kappa shape index (κ1) is 19.2. The Morgan fingerprint density at radius 1 is 1.15 bits per heavy atom. The maximum atomic E-state index is 12.8. The first-order valence-electron chi connectivity index (χ1n) is 9.10. The number of benzene rings is 2. The van der Waals surface area contributed by atoms with Crippen molar-refractivity contribution >= 4 is 27.4 Å². The summed E-state index contributed by atoms with van der Waals surface area (Å²) < 4.78 is 28.2. The number of rotatable bonds is 5. The van der Waals surface area contributed by atoms with Gasteiger partial charge in [0.05, 0.1) is 10.6 Å². The number of aryl methyl sites for hydroxylation is 2. The van der Waals surface area contributed by atoms with Crippen LogP contribution in [0.15, 0.2) is 41.3 Å². The molecular formula is C20H25N3O3S. The zero-order valence-corrected chi connectivity index (χ0v) is 16.7. The molecule has 2 aromatic carbocycles. The predicted molar refractivity (Wildman–Crippen MR) is 108 cm³/mol. The maximum absolute atomic E-state index is 12.8. The molecule has 1 heterocycles. The summed E-state index contributed by atoms with van der Waals surface area (Å²) in [4.78, 5) is 14.1. The van der Waals surface area contributed by atoms with Gasteiger partial charge in [-0.2, -0.15) is 0 Å². The number of fused-ring (bicyclic) bond motifs is 1. The minimum absolute atomic E-state index is 0.139. The number of sulfonamides is 1. The smallest absolute Gasteiger partial charge is 0.321 e. The van der Waals surface area contributed by atoms with Gasteiger partial charge in [-0.3, -0.25) is 9.62 Å². The van der Waals surface area contributed by atoms with Crippen molar-refractivity contribution in [1.29, 1.82) is 0 Å². The van der Waals surface area contributed by atoms with E-state index in [1.165, 1.54) is 0 Å². The van der Waals surface area contributed by atoms with E-state index in [0.29, 0.717) is 25.2 Å². The summed E-state index contributed by atoms with van der Waals surface area (Å²) in [6.07, 6.45) is 1.51. The van der Waals surface area contributed by atoms with Gasteiger partial charge < -0.3 is 5.32 Å². The van der Waals surface area contributed by atoms with Crippen LogP contribution in [-0.4, -0.2) is 27.5 Å². The van der Waals surface area contributed by atoms with Gasteiger partial charge in [0.1, 0.15) is 0 Å². The quantitative estimate of drug-likeness (QED) is 0.823. The Balaban J connectivity index is 1.83. The molecule has 3 rings (SSSR count). The summed E-state index contributed by atoms with van der Waals surface area (Å²) in [5.74, 6) is 0. The average molecular weight is 388 g/mol. The molecule has 2 aromatic rings. The third-order valence-electron chi connectivity index (χ3n) is 4.65. The number of amides is 2. The Hall–Kier alpha value is -2.54. The molecule has 0 saturated heterocycles. The molecule has 1 aliphatic heterocycles. The van der Waals surface area contributed by atoms with Crippen LogP contribution in [0.5, 0.6) is 0 Å². The van der Waals surface area contributed by atoms with E-state index in [1.807, 2.05) is 32.9 Å². The summed E-state index contributed by atoms with van der Waals surface area (Å²) in [7, 11) is -3.69. The summed E-state index contributed by atoms with van der Waals surface area (Å²) in [6, 6.07) is 10.4. The lowest BCUT2D eigenvalue weighted by atomic mass is 10.1. The SMILES string of the molecule is CCCNC(=O)N1CCc2cc(S(=O)(=O)Nc3ccc(C)cc3C)ccc21. The van der Waals surface area contributed by atoms with Crippen LogP contribution in [0.4, 0.5) is 16.2 Å². The lowest BCUT2D eigenvalue weighted by Crippen LogP contribution is -2.39. The molecule has 0 saturated carbocycles. The third kappa shape index (κ3) is 4.08. The normalized spacial score (nSPS) is 13.4. The minimum atomic E-state index is -3.69. The lowest BCUT2D eigenvalue weighted by Gasteiger charge is -2.18. The average Bonchev–Trinajstić information content (AvgIpc) is 3.05. The van der Waals surface area contributed by atoms with E-state index in [1.54, 1.807) is 29.2 Å². The van der Waals surface area contributed by atoms with Gasteiger partial charge in [0, 0.05) is 18.8 Å². The summed E-state index contributed by atoms with van der Waals surface area (Å²) in [5, 5.41) is 2.86. The Labute approximate surface area is 160 Å². The second-order valence-electron chi connectivity index (χ2n) is 6.85. The van der Waals surface area contributed by atoms with Crippen LogP contribution in [0.25, 0.3) is 0 Å². The molecule has 0 atom stereocenters. The van der Waals surface area contributed by atoms with Crippen LogP contribution < -0.4 is 14.9 Å². The third-order valence-corrected chi connectivity index (χ3v) is 6.02. The highest BCUT2D eigenvalue weighted by atomic mass is 32.2. The van der Waals surface area contributed by atoms with Crippen LogP contribution in [0.1, 0.15) is 30.0 Å². The highest BCUT2D eigenvalue weighted by Gasteiger charge is 2.26. The fraction of sp³-hybridized carbons (Fsp3) is 0.350. The topological polar surface area (TPSA) is 78.5 Å². The molecule has 0 unspecified atom stereocenters. The fourth-order valence-corrected chi connectivity index (χ4v) is 4.40. The van der Waals surface area contributed by atoms with Crippen molar-refractivity contribution in [1.82, 2.24) is 5.32 Å². The van der Waals surface area contributed by atoms with E-state index in [9.17, 15) is 13.2 Å². The van der Waals surface area contributed by atoms with E-state index in [4.69, 9.17) is 0 Å². The highest BCUT2D eigenvalue weighted by Crippen LogP contribution is 2.31. The van der Waals surface area contributed by atoms with E-state index in [0.717, 1.165) is 28.8 Å². The number of hydrogen-bond donors (Lipinski definition) is 2. The summed E-state index contributed by atoms with van der Waals surface area (Å²) in [6.45, 7) is 7.02. The molecule has 1 aliphatic rings. The van der Waals surface area contributed by atoms with Gasteiger partial charge in [-0.05, 0) is 62.1 Å². The molecule has 2 N–H and O–H groups in total. The van der Waals surface area contributed by atoms with Crippen LogP contribution >= 0.6 is 0 Å². The second-order valence-corrected chi connectivity index (χ2v) is 8.53. The highest BCUT2D eigenvalue weighted by molar-refractivity contribution is 7.92. The number of nitrogens with zero attached hydrogens (tertiary/aromatic N) is 1. The molecule has 7 heteroatoms. The Morgan fingerprint density at radius 2 is 1.93 bits per heavy atom. The predicted octanol–water partition coefficient (Wildman–Crippen LogP) is 3.59. The molecule has 27 heavy (non-hydrogen) atoms. The van der Waals surface area contributed by atoms with E-state index >= 15 is 0 Å². The molecule has 0 bridgehead atoms. The fourth-order valence-electron chi connectivity index (χ4n) is 3.22. The van der Waals surface area contributed by atoms with E-state index < -0.39 is 10.0 Å². The van der Waals surface area contributed by atoms with E-state index in [-0.39, 0.29) is 10.9 Å². The second kappa shape index (κ2) is 7.60. The molecule has 6 nitrogen and oxygen atoms in total. The van der Waals surface area contributed by atoms with Crippen molar-refractivity contribution < 1.29 is 13.2 Å². The number of urea groups is 1. The van der Waals surface area contributed by atoms with Gasteiger partial charge in [0.15, 0.2) is 0 Å². The van der Waals surface area contributed by atoms with Crippen molar-refractivity contribution in [3.8, 4) is 0 Å². The van der Waals surface area contributed by atoms with Gasteiger partial charge >= 0.3 is 6.03 Å². The maximum Gasteiger partial charge on any atom is 0.321 e. The molecule has 0 radical (unpaired) electrons. The van der Waals surface area contributed by atoms with Crippen molar-refractivity contribution in [2.75, 3.05) is 22.7 Å². The number of carbonyl (C=O) groups is 1. The Bertz CT molecular complexity index is 970. The van der Waals surface area contributed by atoms with Crippen LogP contribution in [-0.2, 0) is 16.4 Å². The van der Waals surface area contributed by atoms with Crippen molar-refractivity contribution in [2.24, 2.45) is 0 Å². The zero-order chi connectivity index (χ0) is 19.6. The first-order chi connectivity index (χ1) is 12.8. The standard InChI is InChI=1S/C20H25N3O3S/c1-4-10-21-20(24)23-11-9-16-13-17(6-8-19(16)23)27(25,26)22-18-7-5-14(2)12-15(18)3/h5-8,12-13,22H,4,9-11H2,1-3H3,(H,21,24). The van der Waals surface area contributed by atoms with Gasteiger partial charge in [-0.25, -0.2) is 13.2 Å². The van der Waals surface area contributed by atoms with Crippen molar-refractivity contribution in [3.63, 3.8) is 0 Å². The summed E-state index contributed by atoms with van der Waals surface area (Å²) in [5.41, 5.74) is 4.16. The van der Waals surface area contributed by atoms with E-state index in [2.05, 4.69) is 10.0 Å². The molecule has 0 aliphatic carbocycles. The molecule has 144 valence electrons. The zero-order valence-electron chi connectivity index (χ0n) is 15.9. The molecule has 0 fully saturated rings. The van der Waals surface area contributed by atoms with Crippen molar-refractivity contribution in [3.05, 3.63) is 53.1 Å². The Morgan fingerprint density at radius 3 is 2.63 bits per heavy atom. The van der Waals surface area contributed by atoms with Gasteiger partial charge in [0.25, 0.3) is 10.0 Å². The number of hydrogen-bond acceptors (Lipinski definition) is 3. The first-order valence-corrected chi connectivity index (χ1v) is 10.6. The van der Waals surface area contributed by atoms with Crippen LogP contribution in [0, 0.1) is 13.8 Å². The van der Waals surface area contributed by atoms with Crippen molar-refractivity contribution in [2.45, 2.75) is 38.5 Å². The largest absolute Gasteiger partial charge is 0.338 e. The Kier molecular flexibility index (Phi) is 5.41. The summed E-state index contributed by atoms with van der Waals surface area (Å²) >= 11 is 0. The minimum Gasteiger partial charge on any atom is -0.338 e. The number of anilines is 2. The molecule has 0 spiro atoms. The number of carbonyl (C=O) groups excluding carboxylic acids is 1. The number of nitrogens with one attached hydrogen (secondary N) is 2. The van der Waals surface area contributed by atoms with Gasteiger partial charge in [-0.15, -0.1) is 0 Å². The van der Waals surface area contributed by atoms with Gasteiger partial charge in [0.2, 0.25) is 0 Å². The van der Waals surface area contributed by atoms with Gasteiger partial charge in [-0.1, -0.05) is 24.6 Å². The molecule has 2 amide bonds. The van der Waals surface area contributed by atoms with Crippen LogP contribution in [0.3, 0.4) is 0 Å². The van der Waals surface area contributed by atoms with Crippen LogP contribution in [0.2, 0.25) is 0 Å². The lowest BCUT2D eigenvalue weighted by molar-refractivity contribution is 0.247. The molecular weight excluding hydrogens is 362 g/mol. The molecule has 0 aromatic heterocycles.